The lowest BCUT2D eigenvalue weighted by Crippen LogP contribution is -2.32. The van der Waals surface area contributed by atoms with E-state index in [2.05, 4.69) is 53.0 Å². The van der Waals surface area contributed by atoms with Gasteiger partial charge in [-0.2, -0.15) is 5.10 Å². The van der Waals surface area contributed by atoms with Gasteiger partial charge >= 0.3 is 11.8 Å². The maximum absolute atomic E-state index is 12.4. The molecule has 3 rings (SSSR count). The molecule has 0 radical (unpaired) electrons. The van der Waals surface area contributed by atoms with Crippen LogP contribution in [-0.2, 0) is 14.4 Å². The number of nitrogens with one attached hydrogen (secondary N) is 3. The van der Waals surface area contributed by atoms with E-state index in [1.54, 1.807) is 43.3 Å². The van der Waals surface area contributed by atoms with Crippen LogP contribution in [0.25, 0.3) is 0 Å². The van der Waals surface area contributed by atoms with Gasteiger partial charge < -0.3 is 20.1 Å². The molecule has 0 heterocycles. The molecule has 0 atom stereocenters. The predicted octanol–water partition coefficient (Wildman–Crippen LogP) is 5.68. The molecule has 0 aliphatic rings. The van der Waals surface area contributed by atoms with Gasteiger partial charge in [0.2, 0.25) is 0 Å². The molecular weight excluding hydrogens is 644 g/mol. The lowest BCUT2D eigenvalue weighted by Gasteiger charge is -2.15. The SMILES string of the molecule is CCOc1cc(/C=N\NC(=O)C(=O)Nc2cccc(Cl)c2)cc(Br)c1OCC(=O)Nc1ccc(Br)c(C)c1. The molecule has 0 bridgehead atoms. The van der Waals surface area contributed by atoms with Gasteiger partial charge in [0.25, 0.3) is 5.91 Å². The lowest BCUT2D eigenvalue weighted by atomic mass is 10.2. The molecule has 12 heteroatoms. The number of hydrazone groups is 1. The van der Waals surface area contributed by atoms with E-state index in [0.29, 0.717) is 44.5 Å². The number of hydrogen-bond donors (Lipinski definition) is 3. The Morgan fingerprint density at radius 1 is 0.947 bits per heavy atom. The largest absolute Gasteiger partial charge is 0.490 e. The van der Waals surface area contributed by atoms with Crippen molar-refractivity contribution in [1.29, 1.82) is 0 Å². The predicted molar refractivity (Wildman–Crippen MR) is 154 cm³/mol. The molecule has 9 nitrogen and oxygen atoms in total. The van der Waals surface area contributed by atoms with Gasteiger partial charge in [-0.15, -0.1) is 0 Å². The maximum Gasteiger partial charge on any atom is 0.329 e. The van der Waals surface area contributed by atoms with E-state index in [-0.39, 0.29) is 12.5 Å². The second kappa shape index (κ2) is 13.9. The Kier molecular flexibility index (Phi) is 10.7. The topological polar surface area (TPSA) is 118 Å². The zero-order chi connectivity index (χ0) is 27.7. The number of hydrogen-bond acceptors (Lipinski definition) is 6. The number of amides is 3. The second-order valence-corrected chi connectivity index (χ2v) is 9.87. The fourth-order valence-corrected chi connectivity index (χ4v) is 4.10. The van der Waals surface area contributed by atoms with Gasteiger partial charge in [0.15, 0.2) is 18.1 Å². The molecule has 3 N–H and O–H groups in total. The standard InChI is InChI=1S/C26H23Br2ClN4O5/c1-3-37-22-11-16(13-30-33-26(36)25(35)32-18-6-4-5-17(29)12-18)10-21(28)24(22)38-14-23(34)31-19-7-8-20(27)15(2)9-19/h4-13H,3,14H2,1-2H3,(H,31,34)(H,32,35)(H,33,36)/b30-13-. The molecule has 38 heavy (non-hydrogen) atoms. The van der Waals surface area contributed by atoms with E-state index in [1.807, 2.05) is 19.1 Å². The highest BCUT2D eigenvalue weighted by atomic mass is 79.9. The number of carbonyl (C=O) groups excluding carboxylic acids is 3. The summed E-state index contributed by atoms with van der Waals surface area (Å²) in [7, 11) is 0. The Bertz CT molecular complexity index is 1380. The van der Waals surface area contributed by atoms with Gasteiger partial charge in [-0.05, 0) is 89.4 Å². The molecule has 0 aromatic heterocycles. The van der Waals surface area contributed by atoms with Crippen LogP contribution in [0.4, 0.5) is 11.4 Å². The summed E-state index contributed by atoms with van der Waals surface area (Å²) in [5, 5.41) is 9.47. The summed E-state index contributed by atoms with van der Waals surface area (Å²) in [5.41, 5.74) is 4.72. The van der Waals surface area contributed by atoms with Crippen LogP contribution in [0, 0.1) is 6.92 Å². The van der Waals surface area contributed by atoms with Crippen molar-refractivity contribution in [1.82, 2.24) is 5.43 Å². The molecule has 0 saturated heterocycles. The van der Waals surface area contributed by atoms with Crippen LogP contribution in [0.1, 0.15) is 18.1 Å². The Labute approximate surface area is 241 Å². The molecule has 0 aliphatic heterocycles. The highest BCUT2D eigenvalue weighted by Crippen LogP contribution is 2.36. The number of nitrogens with zero attached hydrogens (tertiary/aromatic N) is 1. The van der Waals surface area contributed by atoms with Gasteiger partial charge in [0, 0.05) is 20.9 Å². The number of benzene rings is 3. The van der Waals surface area contributed by atoms with E-state index in [0.717, 1.165) is 10.0 Å². The van der Waals surface area contributed by atoms with Crippen molar-refractivity contribution in [3.05, 3.63) is 79.7 Å². The molecule has 3 aromatic carbocycles. The number of anilines is 2. The first-order valence-electron chi connectivity index (χ1n) is 11.2. The second-order valence-electron chi connectivity index (χ2n) is 7.73. The summed E-state index contributed by atoms with van der Waals surface area (Å²) in [4.78, 5) is 36.5. The summed E-state index contributed by atoms with van der Waals surface area (Å²) in [6, 6.07) is 15.2. The van der Waals surface area contributed by atoms with Crippen molar-refractivity contribution in [3.8, 4) is 11.5 Å². The molecule has 3 aromatic rings. The molecule has 0 saturated carbocycles. The minimum absolute atomic E-state index is 0.251. The zero-order valence-electron chi connectivity index (χ0n) is 20.3. The molecular formula is C26H23Br2ClN4O5. The minimum Gasteiger partial charge on any atom is -0.490 e. The van der Waals surface area contributed by atoms with Crippen LogP contribution >= 0.6 is 43.5 Å². The Morgan fingerprint density at radius 3 is 2.42 bits per heavy atom. The summed E-state index contributed by atoms with van der Waals surface area (Å²) in [6.45, 7) is 3.82. The Morgan fingerprint density at radius 2 is 1.71 bits per heavy atom. The van der Waals surface area contributed by atoms with E-state index < -0.39 is 11.8 Å². The fraction of sp³-hybridized carbons (Fsp3) is 0.154. The van der Waals surface area contributed by atoms with E-state index in [1.165, 1.54) is 12.3 Å². The number of aryl methyl sites for hydroxylation is 1. The molecule has 0 spiro atoms. The monoisotopic (exact) mass is 664 g/mol. The van der Waals surface area contributed by atoms with E-state index in [9.17, 15) is 14.4 Å². The van der Waals surface area contributed by atoms with E-state index >= 15 is 0 Å². The van der Waals surface area contributed by atoms with Crippen molar-refractivity contribution < 1.29 is 23.9 Å². The van der Waals surface area contributed by atoms with Crippen LogP contribution in [0.5, 0.6) is 11.5 Å². The summed E-state index contributed by atoms with van der Waals surface area (Å²) in [5.74, 6) is -1.51. The number of carbonyl (C=O) groups is 3. The van der Waals surface area contributed by atoms with Gasteiger partial charge in [-0.25, -0.2) is 5.43 Å². The highest BCUT2D eigenvalue weighted by Gasteiger charge is 2.15. The van der Waals surface area contributed by atoms with E-state index in [4.69, 9.17) is 21.1 Å². The summed E-state index contributed by atoms with van der Waals surface area (Å²) >= 11 is 12.7. The minimum atomic E-state index is -0.961. The first-order valence-corrected chi connectivity index (χ1v) is 13.2. The average molecular weight is 667 g/mol. The molecule has 0 fully saturated rings. The fourth-order valence-electron chi connectivity index (χ4n) is 3.09. The molecule has 0 aliphatic carbocycles. The van der Waals surface area contributed by atoms with Crippen molar-refractivity contribution in [2.24, 2.45) is 5.10 Å². The third kappa shape index (κ3) is 8.57. The number of rotatable bonds is 9. The van der Waals surface area contributed by atoms with Crippen molar-refractivity contribution in [3.63, 3.8) is 0 Å². The van der Waals surface area contributed by atoms with Crippen LogP contribution < -0.4 is 25.5 Å². The average Bonchev–Trinajstić information content (AvgIpc) is 2.86. The van der Waals surface area contributed by atoms with Crippen molar-refractivity contribution >= 4 is 78.8 Å². The van der Waals surface area contributed by atoms with Gasteiger partial charge in [0.1, 0.15) is 0 Å². The Balaban J connectivity index is 1.61. The normalized spacial score (nSPS) is 10.7. The molecule has 198 valence electrons. The number of ether oxygens (including phenoxy) is 2. The van der Waals surface area contributed by atoms with Crippen molar-refractivity contribution in [2.75, 3.05) is 23.8 Å². The maximum atomic E-state index is 12.4. The Hall–Kier alpha value is -3.41. The molecule has 0 unspecified atom stereocenters. The summed E-state index contributed by atoms with van der Waals surface area (Å²) < 4.78 is 12.8. The van der Waals surface area contributed by atoms with Gasteiger partial charge in [-0.1, -0.05) is 33.6 Å². The third-order valence-corrected chi connectivity index (χ3v) is 6.50. The smallest absolute Gasteiger partial charge is 0.329 e. The van der Waals surface area contributed by atoms with Crippen LogP contribution in [0.15, 0.2) is 68.6 Å². The quantitative estimate of drug-likeness (QED) is 0.154. The van der Waals surface area contributed by atoms with Crippen molar-refractivity contribution in [2.45, 2.75) is 13.8 Å². The van der Waals surface area contributed by atoms with Crippen LogP contribution in [0.2, 0.25) is 5.02 Å². The molecule has 3 amide bonds. The number of halogens is 3. The first-order chi connectivity index (χ1) is 18.2. The lowest BCUT2D eigenvalue weighted by molar-refractivity contribution is -0.136. The zero-order valence-corrected chi connectivity index (χ0v) is 24.2. The van der Waals surface area contributed by atoms with Gasteiger partial charge in [-0.3, -0.25) is 14.4 Å². The highest BCUT2D eigenvalue weighted by molar-refractivity contribution is 9.10. The summed E-state index contributed by atoms with van der Waals surface area (Å²) in [6.07, 6.45) is 1.34. The van der Waals surface area contributed by atoms with Gasteiger partial charge in [0.05, 0.1) is 17.3 Å². The third-order valence-electron chi connectivity index (χ3n) is 4.79. The van der Waals surface area contributed by atoms with Crippen LogP contribution in [0.3, 0.4) is 0 Å². The van der Waals surface area contributed by atoms with Crippen LogP contribution in [-0.4, -0.2) is 37.1 Å². The first kappa shape index (κ1) is 29.2.